The Bertz CT molecular complexity index is 381. The van der Waals surface area contributed by atoms with Gasteiger partial charge >= 0.3 is 6.03 Å². The lowest BCUT2D eigenvalue weighted by Crippen LogP contribution is -2.33. The molecule has 94 valence electrons. The second-order valence-electron chi connectivity index (χ2n) is 3.44. The van der Waals surface area contributed by atoms with Crippen LogP contribution in [-0.2, 0) is 0 Å². The van der Waals surface area contributed by atoms with Crippen molar-refractivity contribution in [2.45, 2.75) is 13.8 Å². The number of nitrogens with one attached hydrogen (secondary N) is 3. The molecule has 2 amide bonds. The first kappa shape index (κ1) is 13.0. The molecule has 17 heavy (non-hydrogen) atoms. The second kappa shape index (κ2) is 6.51. The molecule has 0 saturated carbocycles. The molecule has 0 aliphatic heterocycles. The zero-order valence-corrected chi connectivity index (χ0v) is 10.1. The van der Waals surface area contributed by atoms with Gasteiger partial charge in [-0.1, -0.05) is 0 Å². The highest BCUT2D eigenvalue weighted by molar-refractivity contribution is 5.71. The lowest BCUT2D eigenvalue weighted by atomic mass is 10.3. The van der Waals surface area contributed by atoms with Gasteiger partial charge in [-0.25, -0.2) is 14.8 Å². The summed E-state index contributed by atoms with van der Waals surface area (Å²) in [7, 11) is 0. The molecule has 1 aromatic rings. The lowest BCUT2D eigenvalue weighted by molar-refractivity contribution is 0.249. The summed E-state index contributed by atoms with van der Waals surface area (Å²) in [6.45, 7) is 5.76. The Kier molecular flexibility index (Phi) is 4.99. The first-order valence-electron chi connectivity index (χ1n) is 5.47. The SMILES string of the molecule is CCNc1ncnc(NCCNC(N)=O)c1C. The number of anilines is 2. The first-order valence-corrected chi connectivity index (χ1v) is 5.47. The van der Waals surface area contributed by atoms with Crippen LogP contribution in [0, 0.1) is 6.92 Å². The lowest BCUT2D eigenvalue weighted by Gasteiger charge is -2.11. The van der Waals surface area contributed by atoms with Gasteiger partial charge in [0.1, 0.15) is 18.0 Å². The van der Waals surface area contributed by atoms with Crippen molar-refractivity contribution in [3.8, 4) is 0 Å². The molecule has 0 fully saturated rings. The fourth-order valence-electron chi connectivity index (χ4n) is 1.34. The normalized spacial score (nSPS) is 9.76. The second-order valence-corrected chi connectivity index (χ2v) is 3.44. The van der Waals surface area contributed by atoms with E-state index in [2.05, 4.69) is 25.9 Å². The van der Waals surface area contributed by atoms with Crippen LogP contribution in [0.4, 0.5) is 16.4 Å². The Labute approximate surface area is 100 Å². The van der Waals surface area contributed by atoms with Crippen molar-refractivity contribution in [1.82, 2.24) is 15.3 Å². The van der Waals surface area contributed by atoms with E-state index in [1.165, 1.54) is 6.33 Å². The summed E-state index contributed by atoms with van der Waals surface area (Å²) >= 11 is 0. The summed E-state index contributed by atoms with van der Waals surface area (Å²) in [5, 5.41) is 8.74. The van der Waals surface area contributed by atoms with E-state index in [1.807, 2.05) is 13.8 Å². The summed E-state index contributed by atoms with van der Waals surface area (Å²) < 4.78 is 0. The van der Waals surface area contributed by atoms with E-state index in [1.54, 1.807) is 0 Å². The number of carbonyl (C=O) groups excluding carboxylic acids is 1. The van der Waals surface area contributed by atoms with Crippen LogP contribution in [0.25, 0.3) is 0 Å². The van der Waals surface area contributed by atoms with Crippen LogP contribution in [0.3, 0.4) is 0 Å². The highest BCUT2D eigenvalue weighted by atomic mass is 16.2. The number of carbonyl (C=O) groups is 1. The van der Waals surface area contributed by atoms with Gasteiger partial charge in [0.05, 0.1) is 0 Å². The van der Waals surface area contributed by atoms with Crippen LogP contribution in [0.15, 0.2) is 6.33 Å². The highest BCUT2D eigenvalue weighted by Crippen LogP contribution is 2.17. The summed E-state index contributed by atoms with van der Waals surface area (Å²) in [6.07, 6.45) is 1.49. The smallest absolute Gasteiger partial charge is 0.312 e. The Morgan fingerprint density at radius 3 is 2.53 bits per heavy atom. The van der Waals surface area contributed by atoms with E-state index in [-0.39, 0.29) is 0 Å². The van der Waals surface area contributed by atoms with Crippen LogP contribution in [0.2, 0.25) is 0 Å². The monoisotopic (exact) mass is 238 g/mol. The van der Waals surface area contributed by atoms with Crippen LogP contribution < -0.4 is 21.7 Å². The van der Waals surface area contributed by atoms with Crippen LogP contribution in [0.5, 0.6) is 0 Å². The van der Waals surface area contributed by atoms with Gasteiger partial charge in [-0.15, -0.1) is 0 Å². The van der Waals surface area contributed by atoms with Crippen molar-refractivity contribution < 1.29 is 4.79 Å². The van der Waals surface area contributed by atoms with Crippen molar-refractivity contribution in [2.24, 2.45) is 5.73 Å². The van der Waals surface area contributed by atoms with Crippen molar-refractivity contribution in [2.75, 3.05) is 30.3 Å². The molecule has 1 rings (SSSR count). The quantitative estimate of drug-likeness (QED) is 0.533. The predicted molar refractivity (Wildman–Crippen MR) is 67.0 cm³/mol. The average Bonchev–Trinajstić information content (AvgIpc) is 2.29. The molecule has 7 nitrogen and oxygen atoms in total. The summed E-state index contributed by atoms with van der Waals surface area (Å²) in [5.41, 5.74) is 5.90. The van der Waals surface area contributed by atoms with Crippen molar-refractivity contribution in [3.05, 3.63) is 11.9 Å². The number of nitrogens with zero attached hydrogens (tertiary/aromatic N) is 2. The zero-order chi connectivity index (χ0) is 12.7. The molecule has 1 aromatic heterocycles. The van der Waals surface area contributed by atoms with Crippen molar-refractivity contribution in [1.29, 1.82) is 0 Å². The van der Waals surface area contributed by atoms with Crippen LogP contribution in [-0.4, -0.2) is 35.6 Å². The molecule has 0 unspecified atom stereocenters. The molecule has 5 N–H and O–H groups in total. The molecular weight excluding hydrogens is 220 g/mol. The van der Waals surface area contributed by atoms with Gasteiger partial charge < -0.3 is 21.7 Å². The Morgan fingerprint density at radius 2 is 1.94 bits per heavy atom. The number of amides is 2. The third-order valence-corrected chi connectivity index (χ3v) is 2.14. The largest absolute Gasteiger partial charge is 0.370 e. The van der Waals surface area contributed by atoms with E-state index >= 15 is 0 Å². The molecule has 0 aliphatic carbocycles. The number of hydrogen-bond donors (Lipinski definition) is 4. The van der Waals surface area contributed by atoms with E-state index in [0.29, 0.717) is 13.1 Å². The Morgan fingerprint density at radius 1 is 1.29 bits per heavy atom. The minimum absolute atomic E-state index is 0.454. The topological polar surface area (TPSA) is 105 Å². The number of urea groups is 1. The van der Waals surface area contributed by atoms with Crippen LogP contribution >= 0.6 is 0 Å². The van der Waals surface area contributed by atoms with Gasteiger partial charge in [0.15, 0.2) is 0 Å². The number of primary amides is 1. The third-order valence-electron chi connectivity index (χ3n) is 2.14. The fourth-order valence-corrected chi connectivity index (χ4v) is 1.34. The van der Waals surface area contributed by atoms with E-state index in [4.69, 9.17) is 5.73 Å². The fraction of sp³-hybridized carbons (Fsp3) is 0.500. The predicted octanol–water partition coefficient (Wildman–Crippen LogP) is 0.297. The number of rotatable bonds is 6. The van der Waals surface area contributed by atoms with Crippen molar-refractivity contribution in [3.63, 3.8) is 0 Å². The van der Waals surface area contributed by atoms with Gasteiger partial charge in [-0.3, -0.25) is 0 Å². The molecule has 0 spiro atoms. The average molecular weight is 238 g/mol. The van der Waals surface area contributed by atoms with Gasteiger partial charge in [0.25, 0.3) is 0 Å². The van der Waals surface area contributed by atoms with E-state index in [9.17, 15) is 4.79 Å². The van der Waals surface area contributed by atoms with E-state index < -0.39 is 6.03 Å². The Hall–Kier alpha value is -2.05. The number of aromatic nitrogens is 2. The molecule has 0 aliphatic rings. The summed E-state index contributed by atoms with van der Waals surface area (Å²) in [4.78, 5) is 18.7. The maximum atomic E-state index is 10.5. The molecule has 0 radical (unpaired) electrons. The minimum Gasteiger partial charge on any atom is -0.370 e. The minimum atomic E-state index is -0.528. The number of nitrogens with two attached hydrogens (primary N) is 1. The molecule has 0 aromatic carbocycles. The molecule has 1 heterocycles. The first-order chi connectivity index (χ1) is 8.15. The third kappa shape index (κ3) is 4.13. The van der Waals surface area contributed by atoms with Gasteiger partial charge in [0, 0.05) is 25.2 Å². The van der Waals surface area contributed by atoms with Gasteiger partial charge in [-0.05, 0) is 13.8 Å². The van der Waals surface area contributed by atoms with Gasteiger partial charge in [0.2, 0.25) is 0 Å². The molecular formula is C10H18N6O. The summed E-state index contributed by atoms with van der Waals surface area (Å²) in [5.74, 6) is 1.56. The molecule has 7 heteroatoms. The maximum Gasteiger partial charge on any atom is 0.312 e. The van der Waals surface area contributed by atoms with Gasteiger partial charge in [-0.2, -0.15) is 0 Å². The molecule has 0 saturated heterocycles. The standard InChI is InChI=1S/C10H18N6O/c1-3-12-8-7(2)9(16-6-15-8)13-4-5-14-10(11)17/h6H,3-5H2,1-2H3,(H3,11,14,17)(H2,12,13,15,16). The van der Waals surface area contributed by atoms with E-state index in [0.717, 1.165) is 23.7 Å². The Balaban J connectivity index is 2.53. The molecule has 0 bridgehead atoms. The number of hydrogen-bond acceptors (Lipinski definition) is 5. The van der Waals surface area contributed by atoms with Crippen molar-refractivity contribution >= 4 is 17.7 Å². The maximum absolute atomic E-state index is 10.5. The zero-order valence-electron chi connectivity index (χ0n) is 10.1. The van der Waals surface area contributed by atoms with Crippen LogP contribution in [0.1, 0.15) is 12.5 Å². The highest BCUT2D eigenvalue weighted by Gasteiger charge is 2.05. The molecule has 0 atom stereocenters. The summed E-state index contributed by atoms with van der Waals surface area (Å²) in [6, 6.07) is -0.528.